The lowest BCUT2D eigenvalue weighted by atomic mass is 10.1. The molecule has 2 N–H and O–H groups in total. The van der Waals surface area contributed by atoms with Gasteiger partial charge in [-0.15, -0.1) is 11.3 Å². The largest absolute Gasteiger partial charge is 0.448 e. The molecule has 2 rings (SSSR count). The van der Waals surface area contributed by atoms with Gasteiger partial charge in [-0.3, -0.25) is 10.1 Å². The highest BCUT2D eigenvalue weighted by Crippen LogP contribution is 2.27. The smallest absolute Gasteiger partial charge is 0.349 e. The van der Waals surface area contributed by atoms with E-state index in [4.69, 9.17) is 4.74 Å². The summed E-state index contributed by atoms with van der Waals surface area (Å²) < 4.78 is 19.0. The minimum absolute atomic E-state index is 0.249. The van der Waals surface area contributed by atoms with Crippen molar-refractivity contribution in [3.8, 4) is 0 Å². The van der Waals surface area contributed by atoms with E-state index in [1.807, 2.05) is 0 Å². The number of fused-ring (bicyclic) bond motifs is 1. The molecule has 1 aromatic carbocycles. The Balaban J connectivity index is 1.98. The predicted molar refractivity (Wildman–Crippen MR) is 93.1 cm³/mol. The van der Waals surface area contributed by atoms with Crippen molar-refractivity contribution in [2.45, 2.75) is 39.3 Å². The number of hydrogen-bond acceptors (Lipinski definition) is 5. The van der Waals surface area contributed by atoms with Crippen LogP contribution < -0.4 is 10.6 Å². The lowest BCUT2D eigenvalue weighted by molar-refractivity contribution is -0.127. The molecule has 0 spiro atoms. The first-order chi connectivity index (χ1) is 11.5. The summed E-state index contributed by atoms with van der Waals surface area (Å²) in [6.45, 7) is 6.67. The van der Waals surface area contributed by atoms with Gasteiger partial charge < -0.3 is 10.1 Å². The van der Waals surface area contributed by atoms with E-state index in [1.54, 1.807) is 26.8 Å². The van der Waals surface area contributed by atoms with Gasteiger partial charge in [-0.05, 0) is 57.3 Å². The highest BCUT2D eigenvalue weighted by molar-refractivity contribution is 7.20. The van der Waals surface area contributed by atoms with Gasteiger partial charge in [-0.2, -0.15) is 0 Å². The highest BCUT2D eigenvalue weighted by Gasteiger charge is 2.23. The Morgan fingerprint density at radius 1 is 1.20 bits per heavy atom. The van der Waals surface area contributed by atoms with Crippen molar-refractivity contribution in [3.05, 3.63) is 35.0 Å². The fourth-order valence-corrected chi connectivity index (χ4v) is 2.90. The van der Waals surface area contributed by atoms with Crippen LogP contribution in [0.5, 0.6) is 0 Å². The monoisotopic (exact) mass is 366 g/mol. The molecule has 3 amide bonds. The molecule has 0 aliphatic heterocycles. The second-order valence-electron chi connectivity index (χ2n) is 6.53. The molecule has 0 aliphatic rings. The molecule has 0 bridgehead atoms. The number of thiophene rings is 1. The minimum Gasteiger partial charge on any atom is -0.448 e. The zero-order valence-electron chi connectivity index (χ0n) is 14.3. The number of carbonyl (C=O) groups is 3. The van der Waals surface area contributed by atoms with E-state index < -0.39 is 35.4 Å². The number of nitrogens with one attached hydrogen (secondary N) is 2. The summed E-state index contributed by atoms with van der Waals surface area (Å²) >= 11 is 1.14. The standard InChI is InChI=1S/C17H19FN2O4S/c1-9(14(21)19-16(23)20-17(2,3)4)24-15(22)13-8-10-7-11(18)5-6-12(10)25-13/h5-9H,1-4H3,(H2,19,20,21,23). The molecule has 1 unspecified atom stereocenters. The lowest BCUT2D eigenvalue weighted by Crippen LogP contribution is -2.50. The molecule has 1 heterocycles. The van der Waals surface area contributed by atoms with E-state index in [1.165, 1.54) is 25.1 Å². The number of esters is 1. The van der Waals surface area contributed by atoms with E-state index >= 15 is 0 Å². The number of amides is 3. The average molecular weight is 366 g/mol. The van der Waals surface area contributed by atoms with Gasteiger partial charge in [0.2, 0.25) is 0 Å². The normalized spacial score (nSPS) is 12.5. The van der Waals surface area contributed by atoms with Crippen molar-refractivity contribution in [2.75, 3.05) is 0 Å². The van der Waals surface area contributed by atoms with Gasteiger partial charge in [0.15, 0.2) is 6.10 Å². The van der Waals surface area contributed by atoms with Crippen LogP contribution in [0.2, 0.25) is 0 Å². The molecule has 0 saturated heterocycles. The van der Waals surface area contributed by atoms with Crippen molar-refractivity contribution >= 4 is 39.3 Å². The molecule has 0 saturated carbocycles. The summed E-state index contributed by atoms with van der Waals surface area (Å²) in [4.78, 5) is 36.0. The van der Waals surface area contributed by atoms with Crippen molar-refractivity contribution in [2.24, 2.45) is 0 Å². The third-order valence-corrected chi connectivity index (χ3v) is 4.15. The van der Waals surface area contributed by atoms with Crippen molar-refractivity contribution in [1.82, 2.24) is 10.6 Å². The Morgan fingerprint density at radius 3 is 2.52 bits per heavy atom. The van der Waals surface area contributed by atoms with Crippen molar-refractivity contribution < 1.29 is 23.5 Å². The van der Waals surface area contributed by atoms with Gasteiger partial charge in [-0.25, -0.2) is 14.0 Å². The Kier molecular flexibility index (Phi) is 5.42. The van der Waals surface area contributed by atoms with Crippen LogP contribution in [0, 0.1) is 5.82 Å². The molecule has 0 radical (unpaired) electrons. The number of benzene rings is 1. The Bertz CT molecular complexity index is 826. The van der Waals surface area contributed by atoms with E-state index in [2.05, 4.69) is 10.6 Å². The molecule has 25 heavy (non-hydrogen) atoms. The van der Waals surface area contributed by atoms with Crippen molar-refractivity contribution in [3.63, 3.8) is 0 Å². The maximum absolute atomic E-state index is 13.2. The number of ether oxygens (including phenoxy) is 1. The number of urea groups is 1. The minimum atomic E-state index is -1.15. The van der Waals surface area contributed by atoms with E-state index in [9.17, 15) is 18.8 Å². The van der Waals surface area contributed by atoms with Gasteiger partial charge in [0.05, 0.1) is 0 Å². The molecule has 6 nitrogen and oxygen atoms in total. The zero-order valence-corrected chi connectivity index (χ0v) is 15.1. The fourth-order valence-electron chi connectivity index (χ4n) is 1.97. The maximum Gasteiger partial charge on any atom is 0.349 e. The fraction of sp³-hybridized carbons (Fsp3) is 0.353. The Labute approximate surface area is 148 Å². The molecule has 0 fully saturated rings. The quantitative estimate of drug-likeness (QED) is 0.817. The van der Waals surface area contributed by atoms with E-state index in [-0.39, 0.29) is 4.88 Å². The Hall–Kier alpha value is -2.48. The van der Waals surface area contributed by atoms with Crippen LogP contribution in [0.1, 0.15) is 37.4 Å². The van der Waals surface area contributed by atoms with Crippen molar-refractivity contribution in [1.29, 1.82) is 0 Å². The zero-order chi connectivity index (χ0) is 18.8. The van der Waals surface area contributed by atoms with Crippen LogP contribution >= 0.6 is 11.3 Å². The highest BCUT2D eigenvalue weighted by atomic mass is 32.1. The molecular formula is C17H19FN2O4S. The summed E-state index contributed by atoms with van der Waals surface area (Å²) in [5.41, 5.74) is -0.503. The molecule has 2 aromatic rings. The number of imide groups is 1. The number of hydrogen-bond donors (Lipinski definition) is 2. The third kappa shape index (κ3) is 5.25. The van der Waals surface area contributed by atoms with Gasteiger partial charge in [0, 0.05) is 10.2 Å². The van der Waals surface area contributed by atoms with Gasteiger partial charge >= 0.3 is 12.0 Å². The second-order valence-corrected chi connectivity index (χ2v) is 7.62. The summed E-state index contributed by atoms with van der Waals surface area (Å²) in [5, 5.41) is 5.26. The number of carbonyl (C=O) groups excluding carboxylic acids is 3. The van der Waals surface area contributed by atoms with E-state index in [0.717, 1.165) is 16.0 Å². The SMILES string of the molecule is CC(OC(=O)c1cc2cc(F)ccc2s1)C(=O)NC(=O)NC(C)(C)C. The molecule has 1 atom stereocenters. The summed E-state index contributed by atoms with van der Waals surface area (Å²) in [6, 6.07) is 5.02. The third-order valence-electron chi connectivity index (χ3n) is 3.06. The summed E-state index contributed by atoms with van der Waals surface area (Å²) in [5.74, 6) is -1.84. The van der Waals surface area contributed by atoms with Gasteiger partial charge in [0.1, 0.15) is 10.7 Å². The lowest BCUT2D eigenvalue weighted by Gasteiger charge is -2.21. The second kappa shape index (κ2) is 7.18. The maximum atomic E-state index is 13.2. The van der Waals surface area contributed by atoms with E-state index in [0.29, 0.717) is 5.39 Å². The topological polar surface area (TPSA) is 84.5 Å². The average Bonchev–Trinajstić information content (AvgIpc) is 2.87. The first kappa shape index (κ1) is 18.9. The van der Waals surface area contributed by atoms with Gasteiger partial charge in [-0.1, -0.05) is 0 Å². The number of rotatable bonds is 3. The summed E-state index contributed by atoms with van der Waals surface area (Å²) in [6.07, 6.45) is -1.15. The first-order valence-corrected chi connectivity index (χ1v) is 8.40. The Morgan fingerprint density at radius 2 is 1.88 bits per heavy atom. The predicted octanol–water partition coefficient (Wildman–Crippen LogP) is 3.21. The molecule has 8 heteroatoms. The van der Waals surface area contributed by atoms with Crippen LogP contribution in [0.3, 0.4) is 0 Å². The van der Waals surface area contributed by atoms with Crippen LogP contribution in [0.25, 0.3) is 10.1 Å². The molecule has 1 aromatic heterocycles. The first-order valence-electron chi connectivity index (χ1n) is 7.58. The molecular weight excluding hydrogens is 347 g/mol. The van der Waals surface area contributed by atoms with Crippen LogP contribution in [-0.4, -0.2) is 29.6 Å². The van der Waals surface area contributed by atoms with Crippen LogP contribution in [0.4, 0.5) is 9.18 Å². The molecule has 0 aliphatic carbocycles. The molecule has 134 valence electrons. The number of halogens is 1. The van der Waals surface area contributed by atoms with Gasteiger partial charge in [0.25, 0.3) is 5.91 Å². The van der Waals surface area contributed by atoms with Crippen LogP contribution in [0.15, 0.2) is 24.3 Å². The van der Waals surface area contributed by atoms with Crippen LogP contribution in [-0.2, 0) is 9.53 Å². The summed E-state index contributed by atoms with van der Waals surface area (Å²) in [7, 11) is 0.